The molecule has 94 valence electrons. The van der Waals surface area contributed by atoms with Crippen molar-refractivity contribution < 1.29 is 4.92 Å². The van der Waals surface area contributed by atoms with Crippen LogP contribution in [0.15, 0.2) is 24.5 Å². The highest BCUT2D eigenvalue weighted by Crippen LogP contribution is 2.18. The second-order valence-electron chi connectivity index (χ2n) is 3.95. The van der Waals surface area contributed by atoms with Gasteiger partial charge in [0.05, 0.1) is 17.2 Å². The second kappa shape index (κ2) is 4.82. The number of hydrogen-bond acceptors (Lipinski definition) is 5. The van der Waals surface area contributed by atoms with Crippen LogP contribution in [-0.2, 0) is 13.6 Å². The van der Waals surface area contributed by atoms with Crippen molar-refractivity contribution in [3.05, 3.63) is 45.9 Å². The minimum Gasteiger partial charge on any atom is -0.364 e. The van der Waals surface area contributed by atoms with E-state index < -0.39 is 4.92 Å². The highest BCUT2D eigenvalue weighted by atomic mass is 16.6. The van der Waals surface area contributed by atoms with E-state index in [2.05, 4.69) is 15.4 Å². The van der Waals surface area contributed by atoms with Crippen molar-refractivity contribution in [2.45, 2.75) is 13.5 Å². The lowest BCUT2D eigenvalue weighted by molar-refractivity contribution is -0.385. The molecule has 2 heterocycles. The van der Waals surface area contributed by atoms with Gasteiger partial charge in [-0.25, -0.2) is 4.98 Å². The van der Waals surface area contributed by atoms with Gasteiger partial charge in [-0.3, -0.25) is 14.8 Å². The van der Waals surface area contributed by atoms with Crippen molar-refractivity contribution in [3.8, 4) is 0 Å². The third kappa shape index (κ3) is 2.62. The fourth-order valence-electron chi connectivity index (χ4n) is 1.58. The smallest absolute Gasteiger partial charge is 0.290 e. The zero-order valence-electron chi connectivity index (χ0n) is 10.1. The molecule has 0 atom stereocenters. The first-order valence-corrected chi connectivity index (χ1v) is 5.39. The van der Waals surface area contributed by atoms with Gasteiger partial charge < -0.3 is 5.32 Å². The van der Waals surface area contributed by atoms with Gasteiger partial charge in [0.25, 0.3) is 5.69 Å². The Morgan fingerprint density at radius 2 is 2.33 bits per heavy atom. The molecule has 0 unspecified atom stereocenters. The van der Waals surface area contributed by atoms with Gasteiger partial charge in [-0.2, -0.15) is 5.10 Å². The third-order valence-corrected chi connectivity index (χ3v) is 2.50. The molecule has 0 saturated heterocycles. The number of rotatable bonds is 4. The number of nitrogens with zero attached hydrogens (tertiary/aromatic N) is 4. The Hall–Kier alpha value is -2.44. The van der Waals surface area contributed by atoms with Gasteiger partial charge in [0.15, 0.2) is 0 Å². The van der Waals surface area contributed by atoms with Gasteiger partial charge in [0.1, 0.15) is 12.0 Å². The molecule has 0 aliphatic rings. The maximum absolute atomic E-state index is 10.6. The SMILES string of the molecule is Cc1cc(NCc2ccn(C)n2)ncc1[N+](=O)[O-]. The zero-order valence-corrected chi connectivity index (χ0v) is 10.1. The van der Waals surface area contributed by atoms with E-state index in [0.29, 0.717) is 17.9 Å². The highest BCUT2D eigenvalue weighted by Gasteiger charge is 2.11. The van der Waals surface area contributed by atoms with Gasteiger partial charge in [0, 0.05) is 18.8 Å². The van der Waals surface area contributed by atoms with Crippen molar-refractivity contribution in [2.24, 2.45) is 7.05 Å². The van der Waals surface area contributed by atoms with E-state index in [9.17, 15) is 10.1 Å². The van der Waals surface area contributed by atoms with Crippen LogP contribution in [0.2, 0.25) is 0 Å². The Balaban J connectivity index is 2.06. The molecular weight excluding hydrogens is 234 g/mol. The number of aromatic nitrogens is 3. The number of aryl methyl sites for hydroxylation is 2. The van der Waals surface area contributed by atoms with Crippen LogP contribution in [0.25, 0.3) is 0 Å². The quantitative estimate of drug-likeness (QED) is 0.655. The largest absolute Gasteiger partial charge is 0.364 e. The average Bonchev–Trinajstić information content (AvgIpc) is 2.72. The molecule has 7 heteroatoms. The molecule has 0 aromatic carbocycles. The normalized spacial score (nSPS) is 10.3. The van der Waals surface area contributed by atoms with Crippen LogP contribution in [0.1, 0.15) is 11.3 Å². The lowest BCUT2D eigenvalue weighted by atomic mass is 10.2. The average molecular weight is 247 g/mol. The van der Waals surface area contributed by atoms with Gasteiger partial charge in [0.2, 0.25) is 0 Å². The van der Waals surface area contributed by atoms with Gasteiger partial charge >= 0.3 is 0 Å². The first kappa shape index (κ1) is 12.0. The lowest BCUT2D eigenvalue weighted by Gasteiger charge is -2.04. The summed E-state index contributed by atoms with van der Waals surface area (Å²) in [5.74, 6) is 0.601. The molecule has 0 bridgehead atoms. The number of nitro groups is 1. The molecule has 0 saturated carbocycles. The summed E-state index contributed by atoms with van der Waals surface area (Å²) < 4.78 is 1.71. The Morgan fingerprint density at radius 1 is 1.56 bits per heavy atom. The minimum atomic E-state index is -0.440. The van der Waals surface area contributed by atoms with E-state index >= 15 is 0 Å². The van der Waals surface area contributed by atoms with Crippen LogP contribution in [0.4, 0.5) is 11.5 Å². The molecule has 1 N–H and O–H groups in total. The Bertz CT molecular complexity index is 579. The molecule has 0 radical (unpaired) electrons. The number of hydrogen-bond donors (Lipinski definition) is 1. The van der Waals surface area contributed by atoms with Crippen LogP contribution in [0.5, 0.6) is 0 Å². The van der Waals surface area contributed by atoms with E-state index in [1.807, 2.05) is 19.3 Å². The molecule has 0 amide bonds. The van der Waals surface area contributed by atoms with Crippen molar-refractivity contribution >= 4 is 11.5 Å². The van der Waals surface area contributed by atoms with E-state index in [1.165, 1.54) is 6.20 Å². The fourth-order valence-corrected chi connectivity index (χ4v) is 1.58. The summed E-state index contributed by atoms with van der Waals surface area (Å²) in [6.45, 7) is 2.22. The summed E-state index contributed by atoms with van der Waals surface area (Å²) in [4.78, 5) is 14.2. The summed E-state index contributed by atoms with van der Waals surface area (Å²) >= 11 is 0. The Morgan fingerprint density at radius 3 is 2.89 bits per heavy atom. The van der Waals surface area contributed by atoms with Crippen molar-refractivity contribution in [1.82, 2.24) is 14.8 Å². The maximum Gasteiger partial charge on any atom is 0.290 e. The third-order valence-electron chi connectivity index (χ3n) is 2.50. The van der Waals surface area contributed by atoms with Crippen LogP contribution in [-0.4, -0.2) is 19.7 Å². The van der Waals surface area contributed by atoms with Gasteiger partial charge in [-0.15, -0.1) is 0 Å². The molecule has 2 aromatic rings. The summed E-state index contributed by atoms with van der Waals surface area (Å²) in [6.07, 6.45) is 3.11. The molecule has 7 nitrogen and oxygen atoms in total. The van der Waals surface area contributed by atoms with Crippen LogP contribution < -0.4 is 5.32 Å². The summed E-state index contributed by atoms with van der Waals surface area (Å²) in [6, 6.07) is 3.55. The van der Waals surface area contributed by atoms with Crippen molar-refractivity contribution in [3.63, 3.8) is 0 Å². The van der Waals surface area contributed by atoms with E-state index in [-0.39, 0.29) is 5.69 Å². The zero-order chi connectivity index (χ0) is 13.1. The molecule has 2 aromatic heterocycles. The minimum absolute atomic E-state index is 0.0263. The Kier molecular flexibility index (Phi) is 3.22. The molecule has 18 heavy (non-hydrogen) atoms. The van der Waals surface area contributed by atoms with Crippen molar-refractivity contribution in [2.75, 3.05) is 5.32 Å². The van der Waals surface area contributed by atoms with Crippen LogP contribution in [0.3, 0.4) is 0 Å². The molecule has 0 aliphatic heterocycles. The number of pyridine rings is 1. The summed E-state index contributed by atoms with van der Waals surface area (Å²) in [5, 5.41) is 17.9. The summed E-state index contributed by atoms with van der Waals surface area (Å²) in [5.41, 5.74) is 1.49. The molecule has 2 rings (SSSR count). The molecule has 0 spiro atoms. The standard InChI is InChI=1S/C11H13N5O2/c1-8-5-11(13-7-10(8)16(17)18)12-6-9-3-4-15(2)14-9/h3-5,7H,6H2,1-2H3,(H,12,13). The predicted molar refractivity (Wildman–Crippen MR) is 66.2 cm³/mol. The first-order valence-electron chi connectivity index (χ1n) is 5.39. The highest BCUT2D eigenvalue weighted by molar-refractivity contribution is 5.46. The second-order valence-corrected chi connectivity index (χ2v) is 3.95. The topological polar surface area (TPSA) is 85.9 Å². The Labute approximate surface area is 104 Å². The molecular formula is C11H13N5O2. The number of anilines is 1. The predicted octanol–water partition coefficient (Wildman–Crippen LogP) is 1.64. The first-order chi connectivity index (χ1) is 8.56. The molecule has 0 fully saturated rings. The summed E-state index contributed by atoms with van der Waals surface area (Å²) in [7, 11) is 1.85. The van der Waals surface area contributed by atoms with Crippen LogP contribution in [0, 0.1) is 17.0 Å². The lowest BCUT2D eigenvalue weighted by Crippen LogP contribution is -2.04. The monoisotopic (exact) mass is 247 g/mol. The number of nitrogens with one attached hydrogen (secondary N) is 1. The van der Waals surface area contributed by atoms with Crippen LogP contribution >= 0.6 is 0 Å². The van der Waals surface area contributed by atoms with Gasteiger partial charge in [-0.1, -0.05) is 0 Å². The van der Waals surface area contributed by atoms with Gasteiger partial charge in [-0.05, 0) is 19.1 Å². The van der Waals surface area contributed by atoms with E-state index in [4.69, 9.17) is 0 Å². The molecule has 0 aliphatic carbocycles. The van der Waals surface area contributed by atoms with Crippen molar-refractivity contribution in [1.29, 1.82) is 0 Å². The van der Waals surface area contributed by atoms with E-state index in [0.717, 1.165) is 5.69 Å². The fraction of sp³-hybridized carbons (Fsp3) is 0.273. The van der Waals surface area contributed by atoms with E-state index in [1.54, 1.807) is 17.7 Å². The maximum atomic E-state index is 10.6.